The lowest BCUT2D eigenvalue weighted by Crippen LogP contribution is -2.33. The number of benzene rings is 1. The molecular weight excluding hydrogens is 258 g/mol. The van der Waals surface area contributed by atoms with Gasteiger partial charge in [-0.15, -0.1) is 0 Å². The Morgan fingerprint density at radius 3 is 2.45 bits per heavy atom. The number of carbonyl (C=O) groups excluding carboxylic acids is 1. The quantitative estimate of drug-likeness (QED) is 0.713. The average Bonchev–Trinajstić information content (AvgIpc) is 2.41. The molecular formula is C15H21NO4. The molecule has 20 heavy (non-hydrogen) atoms. The zero-order chi connectivity index (χ0) is 15.0. The van der Waals surface area contributed by atoms with E-state index in [2.05, 4.69) is 5.32 Å². The van der Waals surface area contributed by atoms with Gasteiger partial charge in [-0.2, -0.15) is 0 Å². The van der Waals surface area contributed by atoms with Crippen molar-refractivity contribution < 1.29 is 19.4 Å². The largest absolute Gasteiger partial charge is 0.492 e. The summed E-state index contributed by atoms with van der Waals surface area (Å²) in [5, 5.41) is 11.7. The summed E-state index contributed by atoms with van der Waals surface area (Å²) in [6.07, 6.45) is -0.00165. The molecule has 110 valence electrons. The second-order valence-corrected chi connectivity index (χ2v) is 4.90. The number of hydrogen-bond donors (Lipinski definition) is 2. The molecule has 5 nitrogen and oxygen atoms in total. The topological polar surface area (TPSA) is 75.6 Å². The van der Waals surface area contributed by atoms with Crippen LogP contribution in [-0.4, -0.2) is 30.1 Å². The Labute approximate surface area is 118 Å². The lowest BCUT2D eigenvalue weighted by Gasteiger charge is -2.15. The first-order valence-electron chi connectivity index (χ1n) is 6.68. The summed E-state index contributed by atoms with van der Waals surface area (Å²) in [6, 6.07) is 9.30. The summed E-state index contributed by atoms with van der Waals surface area (Å²) >= 11 is 0. The number of nitrogens with one attached hydrogen (secondary N) is 1. The lowest BCUT2D eigenvalue weighted by atomic mass is 9.92. The Bertz CT molecular complexity index is 431. The van der Waals surface area contributed by atoms with Crippen molar-refractivity contribution in [3.63, 3.8) is 0 Å². The molecule has 1 aromatic rings. The van der Waals surface area contributed by atoms with Gasteiger partial charge in [0.25, 0.3) is 0 Å². The highest BCUT2D eigenvalue weighted by molar-refractivity contribution is 5.82. The maximum absolute atomic E-state index is 11.6. The summed E-state index contributed by atoms with van der Waals surface area (Å²) in [7, 11) is 0. The maximum Gasteiger partial charge on any atom is 0.307 e. The number of rotatable bonds is 8. The first kappa shape index (κ1) is 16.0. The molecule has 5 heteroatoms. The summed E-state index contributed by atoms with van der Waals surface area (Å²) in [4.78, 5) is 22.6. The molecule has 1 aromatic carbocycles. The summed E-state index contributed by atoms with van der Waals surface area (Å²) in [6.45, 7) is 4.31. The van der Waals surface area contributed by atoms with Gasteiger partial charge in [0, 0.05) is 6.42 Å². The molecule has 0 aromatic heterocycles. The predicted octanol–water partition coefficient (Wildman–Crippen LogP) is 1.93. The van der Waals surface area contributed by atoms with Gasteiger partial charge in [0.05, 0.1) is 12.5 Å². The molecule has 0 aliphatic heterocycles. The maximum atomic E-state index is 11.6. The molecule has 0 fully saturated rings. The molecule has 0 heterocycles. The van der Waals surface area contributed by atoms with Crippen LogP contribution in [0.4, 0.5) is 0 Å². The number of amides is 1. The van der Waals surface area contributed by atoms with Crippen molar-refractivity contribution in [2.24, 2.45) is 11.8 Å². The van der Waals surface area contributed by atoms with Crippen LogP contribution in [-0.2, 0) is 9.59 Å². The zero-order valence-corrected chi connectivity index (χ0v) is 11.8. The second kappa shape index (κ2) is 8.19. The molecule has 0 aliphatic carbocycles. The van der Waals surface area contributed by atoms with Crippen molar-refractivity contribution in [1.29, 1.82) is 0 Å². The molecule has 0 radical (unpaired) electrons. The standard InChI is InChI=1S/C15H21NO4/c1-11(2)13(15(18)19)10-14(17)16-8-9-20-12-6-4-3-5-7-12/h3-7,11,13H,8-10H2,1-2H3,(H,16,17)(H,18,19)/t13-/m0/s1. The number of hydrogen-bond acceptors (Lipinski definition) is 3. The molecule has 1 atom stereocenters. The second-order valence-electron chi connectivity index (χ2n) is 4.90. The van der Waals surface area contributed by atoms with Gasteiger partial charge in [0.15, 0.2) is 0 Å². The Morgan fingerprint density at radius 1 is 1.25 bits per heavy atom. The van der Waals surface area contributed by atoms with E-state index in [1.54, 1.807) is 13.8 Å². The highest BCUT2D eigenvalue weighted by atomic mass is 16.5. The Kier molecular flexibility index (Phi) is 6.56. The fourth-order valence-electron chi connectivity index (χ4n) is 1.76. The van der Waals surface area contributed by atoms with Crippen LogP contribution in [0.1, 0.15) is 20.3 Å². The Hall–Kier alpha value is -2.04. The molecule has 0 spiro atoms. The van der Waals surface area contributed by atoms with Crippen LogP contribution in [0.25, 0.3) is 0 Å². The smallest absolute Gasteiger partial charge is 0.307 e. The van der Waals surface area contributed by atoms with Crippen molar-refractivity contribution in [2.45, 2.75) is 20.3 Å². The highest BCUT2D eigenvalue weighted by Gasteiger charge is 2.24. The van der Waals surface area contributed by atoms with Gasteiger partial charge in [-0.3, -0.25) is 9.59 Å². The third-order valence-electron chi connectivity index (χ3n) is 2.96. The molecule has 0 bridgehead atoms. The third-order valence-corrected chi connectivity index (χ3v) is 2.96. The van der Waals surface area contributed by atoms with Crippen molar-refractivity contribution in [3.8, 4) is 5.75 Å². The minimum absolute atomic E-state index is 0.00165. The molecule has 1 amide bonds. The van der Waals surface area contributed by atoms with Crippen molar-refractivity contribution >= 4 is 11.9 Å². The van der Waals surface area contributed by atoms with Crippen LogP contribution < -0.4 is 10.1 Å². The summed E-state index contributed by atoms with van der Waals surface area (Å²) in [5.74, 6) is -1.17. The number of carboxylic acid groups (broad SMARTS) is 1. The fraction of sp³-hybridized carbons (Fsp3) is 0.467. The van der Waals surface area contributed by atoms with E-state index in [1.807, 2.05) is 30.3 Å². The number of para-hydroxylation sites is 1. The fourth-order valence-corrected chi connectivity index (χ4v) is 1.76. The van der Waals surface area contributed by atoms with E-state index in [-0.39, 0.29) is 18.2 Å². The van der Waals surface area contributed by atoms with E-state index in [0.29, 0.717) is 13.2 Å². The van der Waals surface area contributed by atoms with Gasteiger partial charge >= 0.3 is 5.97 Å². The minimum Gasteiger partial charge on any atom is -0.492 e. The monoisotopic (exact) mass is 279 g/mol. The van der Waals surface area contributed by atoms with Crippen LogP contribution in [0, 0.1) is 11.8 Å². The molecule has 0 saturated carbocycles. The van der Waals surface area contributed by atoms with Crippen LogP contribution in [0.15, 0.2) is 30.3 Å². The van der Waals surface area contributed by atoms with Crippen LogP contribution >= 0.6 is 0 Å². The van der Waals surface area contributed by atoms with E-state index >= 15 is 0 Å². The summed E-state index contributed by atoms with van der Waals surface area (Å²) < 4.78 is 5.43. The number of carboxylic acids is 1. The molecule has 0 saturated heterocycles. The van der Waals surface area contributed by atoms with Crippen LogP contribution in [0.2, 0.25) is 0 Å². The first-order valence-corrected chi connectivity index (χ1v) is 6.68. The average molecular weight is 279 g/mol. The number of aliphatic carboxylic acids is 1. The SMILES string of the molecule is CC(C)[C@H](CC(=O)NCCOc1ccccc1)C(=O)O. The van der Waals surface area contributed by atoms with Gasteiger partial charge in [-0.1, -0.05) is 32.0 Å². The minimum atomic E-state index is -0.935. The number of carbonyl (C=O) groups is 2. The normalized spacial score (nSPS) is 11.9. The third kappa shape index (κ3) is 5.73. The molecule has 0 aliphatic rings. The van der Waals surface area contributed by atoms with Crippen molar-refractivity contribution in [3.05, 3.63) is 30.3 Å². The van der Waals surface area contributed by atoms with Crippen molar-refractivity contribution in [2.75, 3.05) is 13.2 Å². The van der Waals surface area contributed by atoms with Gasteiger partial charge in [0.2, 0.25) is 5.91 Å². The lowest BCUT2D eigenvalue weighted by molar-refractivity contribution is -0.145. The van der Waals surface area contributed by atoms with Gasteiger partial charge in [0.1, 0.15) is 12.4 Å². The first-order chi connectivity index (χ1) is 9.50. The molecule has 1 rings (SSSR count). The van der Waals surface area contributed by atoms with Gasteiger partial charge in [-0.05, 0) is 18.1 Å². The van der Waals surface area contributed by atoms with Crippen LogP contribution in [0.3, 0.4) is 0 Å². The van der Waals surface area contributed by atoms with E-state index in [9.17, 15) is 9.59 Å². The molecule has 2 N–H and O–H groups in total. The predicted molar refractivity (Wildman–Crippen MR) is 75.5 cm³/mol. The van der Waals surface area contributed by atoms with E-state index in [0.717, 1.165) is 5.75 Å². The van der Waals surface area contributed by atoms with Crippen LogP contribution in [0.5, 0.6) is 5.75 Å². The van der Waals surface area contributed by atoms with E-state index < -0.39 is 11.9 Å². The highest BCUT2D eigenvalue weighted by Crippen LogP contribution is 2.15. The van der Waals surface area contributed by atoms with Crippen molar-refractivity contribution in [1.82, 2.24) is 5.32 Å². The Balaban J connectivity index is 2.24. The molecule has 0 unspecified atom stereocenters. The van der Waals surface area contributed by atoms with Gasteiger partial charge in [-0.25, -0.2) is 0 Å². The number of ether oxygens (including phenoxy) is 1. The van der Waals surface area contributed by atoms with E-state index in [1.165, 1.54) is 0 Å². The van der Waals surface area contributed by atoms with Gasteiger partial charge < -0.3 is 15.2 Å². The zero-order valence-electron chi connectivity index (χ0n) is 11.8. The summed E-state index contributed by atoms with van der Waals surface area (Å²) in [5.41, 5.74) is 0. The van der Waals surface area contributed by atoms with E-state index in [4.69, 9.17) is 9.84 Å². The Morgan fingerprint density at radius 2 is 1.90 bits per heavy atom.